The van der Waals surface area contributed by atoms with Gasteiger partial charge in [-0.05, 0) is 37.1 Å². The van der Waals surface area contributed by atoms with Crippen molar-refractivity contribution in [2.24, 2.45) is 0 Å². The zero-order valence-electron chi connectivity index (χ0n) is 14.8. The van der Waals surface area contributed by atoms with Gasteiger partial charge in [-0.1, -0.05) is 59.8 Å². The Kier molecular flexibility index (Phi) is 4.80. The average molecular weight is 400 g/mol. The second-order valence-electron chi connectivity index (χ2n) is 6.37. The molecule has 138 valence electrons. The van der Waals surface area contributed by atoms with E-state index in [1.807, 2.05) is 61.0 Å². The standard InChI is InChI=1S/C19H18ClN5OS/c1-11-8-9-14(20)10-15(11)21-18(26)17-16(13-6-4-3-5-7-13)24-25-12(2)22-23-19(25)27-17/h3-10,16-17,24H,1-2H3,(H,21,26). The van der Waals surface area contributed by atoms with Crippen LogP contribution in [0.25, 0.3) is 0 Å². The van der Waals surface area contributed by atoms with Crippen molar-refractivity contribution in [1.29, 1.82) is 0 Å². The number of nitrogens with zero attached hydrogens (tertiary/aromatic N) is 3. The van der Waals surface area contributed by atoms with Gasteiger partial charge >= 0.3 is 0 Å². The second-order valence-corrected chi connectivity index (χ2v) is 7.91. The van der Waals surface area contributed by atoms with Crippen molar-refractivity contribution in [1.82, 2.24) is 14.9 Å². The molecule has 3 aromatic rings. The molecule has 0 spiro atoms. The Bertz CT molecular complexity index is 991. The Morgan fingerprint density at radius 2 is 1.96 bits per heavy atom. The quantitative estimate of drug-likeness (QED) is 0.697. The number of hydrogen-bond acceptors (Lipinski definition) is 5. The summed E-state index contributed by atoms with van der Waals surface area (Å²) in [4.78, 5) is 13.2. The van der Waals surface area contributed by atoms with Crippen LogP contribution in [0, 0.1) is 13.8 Å². The predicted molar refractivity (Wildman–Crippen MR) is 108 cm³/mol. The summed E-state index contributed by atoms with van der Waals surface area (Å²) in [7, 11) is 0. The Balaban J connectivity index is 1.67. The fourth-order valence-electron chi connectivity index (χ4n) is 3.00. The van der Waals surface area contributed by atoms with E-state index in [9.17, 15) is 4.79 Å². The van der Waals surface area contributed by atoms with Crippen LogP contribution >= 0.6 is 23.4 Å². The van der Waals surface area contributed by atoms with Crippen LogP contribution in [0.5, 0.6) is 0 Å². The number of anilines is 1. The molecule has 0 saturated heterocycles. The SMILES string of the molecule is Cc1ccc(Cl)cc1NC(=O)C1Sc2nnc(C)n2NC1c1ccccc1. The maximum atomic E-state index is 13.2. The number of benzene rings is 2. The third-order valence-electron chi connectivity index (χ3n) is 4.47. The molecule has 2 N–H and O–H groups in total. The highest BCUT2D eigenvalue weighted by molar-refractivity contribution is 8.00. The van der Waals surface area contributed by atoms with E-state index >= 15 is 0 Å². The molecule has 0 aliphatic carbocycles. The molecular weight excluding hydrogens is 382 g/mol. The number of carbonyl (C=O) groups excluding carboxylic acids is 1. The van der Waals surface area contributed by atoms with Crippen molar-refractivity contribution >= 4 is 35.0 Å². The Morgan fingerprint density at radius 3 is 2.74 bits per heavy atom. The van der Waals surface area contributed by atoms with E-state index in [2.05, 4.69) is 20.9 Å². The van der Waals surface area contributed by atoms with Gasteiger partial charge in [-0.2, -0.15) is 0 Å². The van der Waals surface area contributed by atoms with Crippen molar-refractivity contribution in [2.45, 2.75) is 30.3 Å². The number of nitrogens with one attached hydrogen (secondary N) is 2. The summed E-state index contributed by atoms with van der Waals surface area (Å²) in [5.74, 6) is 0.640. The van der Waals surface area contributed by atoms with E-state index in [1.54, 1.807) is 6.07 Å². The van der Waals surface area contributed by atoms with Crippen LogP contribution < -0.4 is 10.7 Å². The molecule has 1 aliphatic heterocycles. The van der Waals surface area contributed by atoms with Crippen molar-refractivity contribution in [2.75, 3.05) is 10.7 Å². The molecule has 0 saturated carbocycles. The molecule has 2 heterocycles. The van der Waals surface area contributed by atoms with E-state index < -0.39 is 5.25 Å². The van der Waals surface area contributed by atoms with Crippen LogP contribution in [0.2, 0.25) is 5.02 Å². The number of thioether (sulfide) groups is 1. The highest BCUT2D eigenvalue weighted by atomic mass is 35.5. The third kappa shape index (κ3) is 3.52. The molecule has 1 amide bonds. The van der Waals surface area contributed by atoms with Crippen molar-refractivity contribution in [3.05, 3.63) is 70.5 Å². The zero-order valence-corrected chi connectivity index (χ0v) is 16.4. The van der Waals surface area contributed by atoms with Gasteiger partial charge < -0.3 is 10.7 Å². The Labute approximate surface area is 166 Å². The molecule has 0 bridgehead atoms. The number of rotatable bonds is 3. The number of hydrogen-bond donors (Lipinski definition) is 2. The van der Waals surface area contributed by atoms with Crippen LogP contribution in [0.15, 0.2) is 53.7 Å². The number of amides is 1. The maximum absolute atomic E-state index is 13.2. The number of aryl methyl sites for hydroxylation is 2. The van der Waals surface area contributed by atoms with Gasteiger partial charge in [-0.3, -0.25) is 4.79 Å². The number of aromatic nitrogens is 3. The van der Waals surface area contributed by atoms with E-state index in [1.165, 1.54) is 11.8 Å². The lowest BCUT2D eigenvalue weighted by molar-refractivity contribution is -0.116. The van der Waals surface area contributed by atoms with Gasteiger partial charge in [-0.25, -0.2) is 4.68 Å². The average Bonchev–Trinajstić information content (AvgIpc) is 3.04. The lowest BCUT2D eigenvalue weighted by Gasteiger charge is -2.32. The molecule has 27 heavy (non-hydrogen) atoms. The first-order valence-corrected chi connectivity index (χ1v) is 9.76. The molecule has 0 radical (unpaired) electrons. The molecule has 8 heteroatoms. The Hall–Kier alpha value is -2.51. The molecule has 1 aliphatic rings. The molecular formula is C19H18ClN5OS. The summed E-state index contributed by atoms with van der Waals surface area (Å²) >= 11 is 7.49. The molecule has 0 fully saturated rings. The van der Waals surface area contributed by atoms with Gasteiger partial charge in [0.25, 0.3) is 0 Å². The lowest BCUT2D eigenvalue weighted by Crippen LogP contribution is -2.41. The first-order chi connectivity index (χ1) is 13.0. The van der Waals surface area contributed by atoms with Gasteiger partial charge in [0.2, 0.25) is 11.1 Å². The van der Waals surface area contributed by atoms with Gasteiger partial charge in [0.05, 0.1) is 6.04 Å². The topological polar surface area (TPSA) is 71.8 Å². The Morgan fingerprint density at radius 1 is 1.19 bits per heavy atom. The first kappa shape index (κ1) is 17.9. The van der Waals surface area contributed by atoms with Gasteiger partial charge in [0.1, 0.15) is 11.1 Å². The summed E-state index contributed by atoms with van der Waals surface area (Å²) in [5, 5.41) is 12.1. The normalized spacial score (nSPS) is 18.5. The minimum atomic E-state index is -0.415. The largest absolute Gasteiger partial charge is 0.325 e. The number of fused-ring (bicyclic) bond motifs is 1. The minimum absolute atomic E-state index is 0.112. The molecule has 2 aromatic carbocycles. The molecule has 4 rings (SSSR count). The monoisotopic (exact) mass is 399 g/mol. The van der Waals surface area contributed by atoms with E-state index in [0.29, 0.717) is 15.9 Å². The van der Waals surface area contributed by atoms with Crippen LogP contribution in [-0.4, -0.2) is 26.0 Å². The van der Waals surface area contributed by atoms with Crippen LogP contribution in [-0.2, 0) is 4.79 Å². The van der Waals surface area contributed by atoms with Crippen molar-refractivity contribution < 1.29 is 4.79 Å². The van der Waals surface area contributed by atoms with Gasteiger partial charge in [0, 0.05) is 10.7 Å². The zero-order chi connectivity index (χ0) is 19.0. The van der Waals surface area contributed by atoms with Gasteiger partial charge in [0.15, 0.2) is 0 Å². The van der Waals surface area contributed by atoms with E-state index in [0.717, 1.165) is 17.0 Å². The smallest absolute Gasteiger partial charge is 0.240 e. The third-order valence-corrected chi connectivity index (χ3v) is 5.92. The number of carbonyl (C=O) groups is 1. The summed E-state index contributed by atoms with van der Waals surface area (Å²) in [5.41, 5.74) is 6.07. The van der Waals surface area contributed by atoms with Gasteiger partial charge in [-0.15, -0.1) is 10.2 Å². The highest BCUT2D eigenvalue weighted by Crippen LogP contribution is 2.37. The van der Waals surface area contributed by atoms with Crippen LogP contribution in [0.4, 0.5) is 5.69 Å². The summed E-state index contributed by atoms with van der Waals surface area (Å²) in [6.07, 6.45) is 0. The van der Waals surface area contributed by atoms with Crippen molar-refractivity contribution in [3.8, 4) is 0 Å². The predicted octanol–water partition coefficient (Wildman–Crippen LogP) is 3.95. The second kappa shape index (κ2) is 7.25. The summed E-state index contributed by atoms with van der Waals surface area (Å²) in [6, 6.07) is 15.1. The fraction of sp³-hybridized carbons (Fsp3) is 0.211. The lowest BCUT2D eigenvalue weighted by atomic mass is 10.0. The summed E-state index contributed by atoms with van der Waals surface area (Å²) < 4.78 is 1.83. The fourth-order valence-corrected chi connectivity index (χ4v) is 4.30. The molecule has 2 atom stereocenters. The first-order valence-electron chi connectivity index (χ1n) is 8.50. The maximum Gasteiger partial charge on any atom is 0.240 e. The summed E-state index contributed by atoms with van der Waals surface area (Å²) in [6.45, 7) is 3.81. The van der Waals surface area contributed by atoms with E-state index in [-0.39, 0.29) is 11.9 Å². The molecule has 2 unspecified atom stereocenters. The van der Waals surface area contributed by atoms with Crippen LogP contribution in [0.3, 0.4) is 0 Å². The molecule has 1 aromatic heterocycles. The highest BCUT2D eigenvalue weighted by Gasteiger charge is 2.37. The number of halogens is 1. The van der Waals surface area contributed by atoms with Crippen LogP contribution in [0.1, 0.15) is 23.0 Å². The van der Waals surface area contributed by atoms with E-state index in [4.69, 9.17) is 11.6 Å². The molecule has 6 nitrogen and oxygen atoms in total. The minimum Gasteiger partial charge on any atom is -0.325 e. The van der Waals surface area contributed by atoms with Crippen molar-refractivity contribution in [3.63, 3.8) is 0 Å².